The molecule has 0 spiro atoms. The second-order valence-electron chi connectivity index (χ2n) is 7.30. The number of carbonyl (C=O) groups excluding carboxylic acids is 2. The van der Waals surface area contributed by atoms with E-state index in [1.165, 1.54) is 25.4 Å². The molecule has 2 aromatic rings. The maximum atomic E-state index is 12.5. The number of anilines is 1. The lowest BCUT2D eigenvalue weighted by Crippen LogP contribution is -2.37. The van der Waals surface area contributed by atoms with Crippen LogP contribution in [-0.4, -0.2) is 51.3 Å². The highest BCUT2D eigenvalue weighted by Crippen LogP contribution is 2.50. The zero-order valence-corrected chi connectivity index (χ0v) is 18.4. The van der Waals surface area contributed by atoms with E-state index in [-0.39, 0.29) is 18.7 Å². The van der Waals surface area contributed by atoms with Gasteiger partial charge >= 0.3 is 5.97 Å². The van der Waals surface area contributed by atoms with Crippen LogP contribution in [0.25, 0.3) is 0 Å². The number of Topliss-reactive ketones (excluding diaryl/α,β-unsaturated/α-hetero) is 1. The molecule has 0 saturated carbocycles. The summed E-state index contributed by atoms with van der Waals surface area (Å²) in [6, 6.07) is 1.99. The third-order valence-corrected chi connectivity index (χ3v) is 6.84. The SMILES string of the molecule is COC(=O)c1c(NC2c3c(cc4c(c3OC)OCO4)CCN2C)sc(C(C)=O)c1C. The quantitative estimate of drug-likeness (QED) is 0.569. The van der Waals surface area contributed by atoms with E-state index in [1.807, 2.05) is 13.1 Å². The lowest BCUT2D eigenvalue weighted by atomic mass is 9.95. The number of rotatable bonds is 5. The Morgan fingerprint density at radius 2 is 2.07 bits per heavy atom. The largest absolute Gasteiger partial charge is 0.492 e. The number of hydrogen-bond acceptors (Lipinski definition) is 9. The number of nitrogens with one attached hydrogen (secondary N) is 1. The minimum atomic E-state index is -0.477. The first-order valence-corrected chi connectivity index (χ1v) is 10.4. The van der Waals surface area contributed by atoms with Gasteiger partial charge in [0.15, 0.2) is 17.3 Å². The number of likely N-dealkylation sites (N-methyl/N-ethyl adjacent to an activating group) is 1. The van der Waals surface area contributed by atoms with Crippen LogP contribution in [0.2, 0.25) is 0 Å². The van der Waals surface area contributed by atoms with E-state index < -0.39 is 5.97 Å². The van der Waals surface area contributed by atoms with Crippen molar-refractivity contribution >= 4 is 28.1 Å². The molecule has 30 heavy (non-hydrogen) atoms. The van der Waals surface area contributed by atoms with Crippen molar-refractivity contribution < 1.29 is 28.5 Å². The van der Waals surface area contributed by atoms with Crippen LogP contribution >= 0.6 is 11.3 Å². The number of carbonyl (C=O) groups is 2. The normalized spacial score (nSPS) is 17.4. The molecule has 1 aromatic carbocycles. The summed E-state index contributed by atoms with van der Waals surface area (Å²) in [5.74, 6) is 1.31. The number of nitrogens with zero attached hydrogens (tertiary/aromatic N) is 1. The predicted octanol–water partition coefficient (Wildman–Crippen LogP) is 3.38. The molecule has 0 aliphatic carbocycles. The first-order valence-electron chi connectivity index (χ1n) is 9.56. The number of thiophene rings is 1. The number of ether oxygens (including phenoxy) is 4. The average molecular weight is 432 g/mol. The van der Waals surface area contributed by atoms with Gasteiger partial charge in [-0.3, -0.25) is 9.69 Å². The highest BCUT2D eigenvalue weighted by Gasteiger charge is 2.35. The molecular formula is C21H24N2O6S. The number of hydrogen-bond donors (Lipinski definition) is 1. The third kappa shape index (κ3) is 3.18. The van der Waals surface area contributed by atoms with Gasteiger partial charge in [0.25, 0.3) is 0 Å². The van der Waals surface area contributed by atoms with Crippen molar-refractivity contribution in [1.82, 2.24) is 4.90 Å². The van der Waals surface area contributed by atoms with E-state index in [1.54, 1.807) is 14.0 Å². The van der Waals surface area contributed by atoms with E-state index in [4.69, 9.17) is 18.9 Å². The molecule has 4 rings (SSSR count). The van der Waals surface area contributed by atoms with E-state index >= 15 is 0 Å². The van der Waals surface area contributed by atoms with E-state index in [0.29, 0.717) is 38.3 Å². The number of methoxy groups -OCH3 is 2. The van der Waals surface area contributed by atoms with Gasteiger partial charge in [-0.2, -0.15) is 0 Å². The topological polar surface area (TPSA) is 86.3 Å². The summed E-state index contributed by atoms with van der Waals surface area (Å²) in [5, 5.41) is 4.06. The van der Waals surface area contributed by atoms with E-state index in [2.05, 4.69) is 10.2 Å². The zero-order valence-electron chi connectivity index (χ0n) is 17.6. The Kier molecular flexibility index (Phi) is 5.33. The molecule has 160 valence electrons. The van der Waals surface area contributed by atoms with Crippen LogP contribution in [-0.2, 0) is 11.2 Å². The smallest absolute Gasteiger partial charge is 0.341 e. The van der Waals surface area contributed by atoms with Gasteiger partial charge < -0.3 is 24.3 Å². The van der Waals surface area contributed by atoms with Gasteiger partial charge in [-0.25, -0.2) is 4.79 Å². The molecule has 0 amide bonds. The van der Waals surface area contributed by atoms with Crippen molar-refractivity contribution in [3.63, 3.8) is 0 Å². The highest BCUT2D eigenvalue weighted by molar-refractivity contribution is 7.18. The van der Waals surface area contributed by atoms with Crippen LogP contribution in [0, 0.1) is 6.92 Å². The summed E-state index contributed by atoms with van der Waals surface area (Å²) >= 11 is 1.26. The Labute approximate surface area is 178 Å². The van der Waals surface area contributed by atoms with Gasteiger partial charge in [-0.15, -0.1) is 11.3 Å². The van der Waals surface area contributed by atoms with Crippen LogP contribution in [0.3, 0.4) is 0 Å². The Balaban J connectivity index is 1.83. The van der Waals surface area contributed by atoms with E-state index in [9.17, 15) is 9.59 Å². The molecule has 2 aliphatic rings. The summed E-state index contributed by atoms with van der Waals surface area (Å²) in [7, 11) is 4.93. The molecule has 0 bridgehead atoms. The molecule has 1 aromatic heterocycles. The second kappa shape index (κ2) is 7.81. The molecule has 1 atom stereocenters. The summed E-state index contributed by atoms with van der Waals surface area (Å²) in [5.41, 5.74) is 3.03. The maximum absolute atomic E-state index is 12.5. The van der Waals surface area contributed by atoms with Crippen molar-refractivity contribution in [2.24, 2.45) is 0 Å². The molecule has 1 N–H and O–H groups in total. The summed E-state index contributed by atoms with van der Waals surface area (Å²) in [6.45, 7) is 4.21. The molecule has 0 radical (unpaired) electrons. The standard InChI is InChI=1S/C21H24N2O6S/c1-10-14(21(25)27-5)20(30-18(10)11(2)24)22-19-15-12(6-7-23(19)3)8-13-16(17(15)26-4)29-9-28-13/h8,19,22H,6-7,9H2,1-5H3. The molecule has 0 saturated heterocycles. The highest BCUT2D eigenvalue weighted by atomic mass is 32.1. The Morgan fingerprint density at radius 3 is 2.73 bits per heavy atom. The van der Waals surface area contributed by atoms with Crippen molar-refractivity contribution in [3.05, 3.63) is 33.2 Å². The lowest BCUT2D eigenvalue weighted by Gasteiger charge is -2.36. The average Bonchev–Trinajstić information content (AvgIpc) is 3.32. The minimum absolute atomic E-state index is 0.0888. The van der Waals surface area contributed by atoms with Gasteiger partial charge in [0, 0.05) is 12.1 Å². The first-order chi connectivity index (χ1) is 14.4. The summed E-state index contributed by atoms with van der Waals surface area (Å²) < 4.78 is 21.9. The minimum Gasteiger partial charge on any atom is -0.492 e. The fourth-order valence-electron chi connectivity index (χ4n) is 4.04. The third-order valence-electron chi connectivity index (χ3n) is 5.52. The number of benzene rings is 1. The summed E-state index contributed by atoms with van der Waals surface area (Å²) in [6.07, 6.45) is 0.530. The number of ketones is 1. The monoisotopic (exact) mass is 432 g/mol. The maximum Gasteiger partial charge on any atom is 0.341 e. The number of fused-ring (bicyclic) bond motifs is 2. The lowest BCUT2D eigenvalue weighted by molar-refractivity contribution is 0.0601. The van der Waals surface area contributed by atoms with Gasteiger partial charge in [-0.05, 0) is 44.5 Å². The van der Waals surface area contributed by atoms with Crippen molar-refractivity contribution in [3.8, 4) is 17.2 Å². The fourth-order valence-corrected chi connectivity index (χ4v) is 5.15. The number of esters is 1. The molecule has 1 unspecified atom stereocenters. The van der Waals surface area contributed by atoms with Crippen LogP contribution in [0.5, 0.6) is 17.2 Å². The summed E-state index contributed by atoms with van der Waals surface area (Å²) in [4.78, 5) is 27.3. The first kappa shape index (κ1) is 20.5. The van der Waals surface area contributed by atoms with Crippen molar-refractivity contribution in [2.75, 3.05) is 39.9 Å². The van der Waals surface area contributed by atoms with Crippen molar-refractivity contribution in [2.45, 2.75) is 26.4 Å². The Hall–Kier alpha value is -2.78. The molecule has 2 aliphatic heterocycles. The fraction of sp³-hybridized carbons (Fsp3) is 0.429. The van der Waals surface area contributed by atoms with Gasteiger partial charge in [-0.1, -0.05) is 0 Å². The van der Waals surface area contributed by atoms with Crippen LogP contribution in [0.15, 0.2) is 6.07 Å². The van der Waals surface area contributed by atoms with Gasteiger partial charge in [0.1, 0.15) is 11.2 Å². The van der Waals surface area contributed by atoms with Crippen LogP contribution in [0.4, 0.5) is 5.00 Å². The van der Waals surface area contributed by atoms with E-state index in [0.717, 1.165) is 24.1 Å². The van der Waals surface area contributed by atoms with Crippen molar-refractivity contribution in [1.29, 1.82) is 0 Å². The predicted molar refractivity (Wildman–Crippen MR) is 112 cm³/mol. The molecule has 9 heteroatoms. The second-order valence-corrected chi connectivity index (χ2v) is 8.32. The van der Waals surface area contributed by atoms with Crippen LogP contribution in [0.1, 0.15) is 49.8 Å². The van der Waals surface area contributed by atoms with Crippen LogP contribution < -0.4 is 19.5 Å². The van der Waals surface area contributed by atoms with Gasteiger partial charge in [0.05, 0.1) is 24.7 Å². The zero-order chi connectivity index (χ0) is 21.6. The molecular weight excluding hydrogens is 408 g/mol. The Bertz CT molecular complexity index is 1030. The Morgan fingerprint density at radius 1 is 1.30 bits per heavy atom. The molecule has 8 nitrogen and oxygen atoms in total. The van der Waals surface area contributed by atoms with Gasteiger partial charge in [0.2, 0.25) is 12.5 Å². The molecule has 0 fully saturated rings. The molecule has 3 heterocycles.